The van der Waals surface area contributed by atoms with Gasteiger partial charge in [0.05, 0.1) is 6.61 Å². The third-order valence-corrected chi connectivity index (χ3v) is 2.08. The predicted octanol–water partition coefficient (Wildman–Crippen LogP) is -2.57. The van der Waals surface area contributed by atoms with Gasteiger partial charge >= 0.3 is 0 Å². The quantitative estimate of drug-likeness (QED) is 0.386. The zero-order valence-corrected chi connectivity index (χ0v) is 7.20. The first kappa shape index (κ1) is 10.8. The highest BCUT2D eigenvalue weighted by atomic mass is 16.7. The van der Waals surface area contributed by atoms with Crippen molar-refractivity contribution in [2.45, 2.75) is 30.7 Å². The highest BCUT2D eigenvalue weighted by molar-refractivity contribution is 4.88. The summed E-state index contributed by atoms with van der Waals surface area (Å²) in [6, 6.07) is 0. The maximum atomic E-state index is 9.28. The lowest BCUT2D eigenvalue weighted by molar-refractivity contribution is -0.294. The van der Waals surface area contributed by atoms with Crippen molar-refractivity contribution in [3.05, 3.63) is 0 Å². The molecule has 5 atom stereocenters. The van der Waals surface area contributed by atoms with Crippen LogP contribution in [0.2, 0.25) is 0 Å². The first-order chi connectivity index (χ1) is 6.11. The molecule has 1 fully saturated rings. The molecule has 0 aromatic carbocycles. The number of rotatable bonds is 2. The molecule has 1 rings (SSSR count). The molecule has 1 aliphatic heterocycles. The fourth-order valence-corrected chi connectivity index (χ4v) is 1.26. The van der Waals surface area contributed by atoms with Gasteiger partial charge in [-0.1, -0.05) is 0 Å². The molecule has 0 aliphatic carbocycles. The van der Waals surface area contributed by atoms with Gasteiger partial charge in [0.15, 0.2) is 6.29 Å². The Hall–Kier alpha value is -0.240. The van der Waals surface area contributed by atoms with E-state index in [0.717, 1.165) is 0 Å². The molecular formula is C7H14O6. The second-order valence-corrected chi connectivity index (χ2v) is 2.93. The Kier molecular flexibility index (Phi) is 3.60. The van der Waals surface area contributed by atoms with E-state index in [2.05, 4.69) is 0 Å². The van der Waals surface area contributed by atoms with Crippen LogP contribution >= 0.6 is 0 Å². The van der Waals surface area contributed by atoms with E-state index in [0.29, 0.717) is 0 Å². The van der Waals surface area contributed by atoms with Gasteiger partial charge in [0.2, 0.25) is 0 Å². The van der Waals surface area contributed by atoms with Crippen molar-refractivity contribution in [2.24, 2.45) is 0 Å². The highest BCUT2D eigenvalue weighted by Gasteiger charge is 2.43. The van der Waals surface area contributed by atoms with Crippen LogP contribution in [0.15, 0.2) is 0 Å². The number of aliphatic hydroxyl groups excluding tert-OH is 4. The summed E-state index contributed by atoms with van der Waals surface area (Å²) in [4.78, 5) is 0. The van der Waals surface area contributed by atoms with Crippen molar-refractivity contribution in [2.75, 3.05) is 13.7 Å². The molecule has 0 aromatic rings. The lowest BCUT2D eigenvalue weighted by Crippen LogP contribution is -2.58. The molecule has 0 bridgehead atoms. The van der Waals surface area contributed by atoms with Crippen LogP contribution < -0.4 is 0 Å². The van der Waals surface area contributed by atoms with Gasteiger partial charge in [-0.25, -0.2) is 0 Å². The molecule has 1 aliphatic rings. The summed E-state index contributed by atoms with van der Waals surface area (Å²) in [6.45, 7) is -0.440. The second kappa shape index (κ2) is 4.32. The molecule has 6 heteroatoms. The van der Waals surface area contributed by atoms with Crippen LogP contribution in [-0.2, 0) is 9.47 Å². The van der Waals surface area contributed by atoms with E-state index in [-0.39, 0.29) is 0 Å². The van der Waals surface area contributed by atoms with Crippen molar-refractivity contribution in [3.63, 3.8) is 0 Å². The Balaban J connectivity index is 2.66. The largest absolute Gasteiger partial charge is 0.394 e. The zero-order chi connectivity index (χ0) is 10.0. The van der Waals surface area contributed by atoms with Gasteiger partial charge in [-0.15, -0.1) is 0 Å². The van der Waals surface area contributed by atoms with Gasteiger partial charge in [-0.3, -0.25) is 0 Å². The monoisotopic (exact) mass is 194 g/mol. The van der Waals surface area contributed by atoms with Crippen LogP contribution in [0.3, 0.4) is 0 Å². The van der Waals surface area contributed by atoms with Gasteiger partial charge in [0.25, 0.3) is 0 Å². The highest BCUT2D eigenvalue weighted by Crippen LogP contribution is 2.20. The standard InChI is InChI=1S/C7H14O6/c1-12-7-6(11)5(10)4(9)3(2-8)13-7/h3-11H,2H2,1H3/t3?,4-,5+,6-,7?/m1/s1. The van der Waals surface area contributed by atoms with E-state index in [4.69, 9.17) is 14.6 Å². The molecule has 0 saturated carbocycles. The lowest BCUT2D eigenvalue weighted by Gasteiger charge is -2.38. The summed E-state index contributed by atoms with van der Waals surface area (Å²) in [5.74, 6) is 0. The van der Waals surface area contributed by atoms with E-state index in [1.165, 1.54) is 7.11 Å². The average molecular weight is 194 g/mol. The minimum Gasteiger partial charge on any atom is -0.394 e. The molecular weight excluding hydrogens is 180 g/mol. The SMILES string of the molecule is COC1OC(CO)[C@@H](O)[C@H](O)[C@H]1O. The summed E-state index contributed by atoms with van der Waals surface area (Å²) in [5, 5.41) is 36.6. The normalized spacial score (nSPS) is 46.4. The van der Waals surface area contributed by atoms with Crippen molar-refractivity contribution in [1.82, 2.24) is 0 Å². The smallest absolute Gasteiger partial charge is 0.186 e. The topological polar surface area (TPSA) is 99.4 Å². The summed E-state index contributed by atoms with van der Waals surface area (Å²) in [5.41, 5.74) is 0. The lowest BCUT2D eigenvalue weighted by atomic mass is 9.99. The van der Waals surface area contributed by atoms with E-state index < -0.39 is 37.3 Å². The van der Waals surface area contributed by atoms with Gasteiger partial charge in [0, 0.05) is 7.11 Å². The van der Waals surface area contributed by atoms with Crippen molar-refractivity contribution in [3.8, 4) is 0 Å². The number of methoxy groups -OCH3 is 1. The summed E-state index contributed by atoms with van der Waals surface area (Å²) < 4.78 is 9.65. The number of aliphatic hydroxyl groups is 4. The van der Waals surface area contributed by atoms with Crippen LogP contribution in [0.4, 0.5) is 0 Å². The molecule has 1 saturated heterocycles. The van der Waals surface area contributed by atoms with E-state index in [9.17, 15) is 15.3 Å². The molecule has 78 valence electrons. The molecule has 2 unspecified atom stereocenters. The van der Waals surface area contributed by atoms with Gasteiger partial charge in [-0.2, -0.15) is 0 Å². The fourth-order valence-electron chi connectivity index (χ4n) is 1.26. The summed E-state index contributed by atoms with van der Waals surface area (Å²) in [6.07, 6.45) is -5.91. The second-order valence-electron chi connectivity index (χ2n) is 2.93. The Morgan fingerprint density at radius 2 is 1.77 bits per heavy atom. The number of hydrogen-bond donors (Lipinski definition) is 4. The molecule has 1 heterocycles. The van der Waals surface area contributed by atoms with Gasteiger partial charge in [0.1, 0.15) is 24.4 Å². The zero-order valence-electron chi connectivity index (χ0n) is 7.20. The molecule has 4 N–H and O–H groups in total. The van der Waals surface area contributed by atoms with E-state index in [1.54, 1.807) is 0 Å². The van der Waals surface area contributed by atoms with E-state index >= 15 is 0 Å². The van der Waals surface area contributed by atoms with Gasteiger partial charge in [-0.05, 0) is 0 Å². The molecule has 0 spiro atoms. The molecule has 13 heavy (non-hydrogen) atoms. The van der Waals surface area contributed by atoms with Crippen LogP contribution in [-0.4, -0.2) is 64.8 Å². The van der Waals surface area contributed by atoms with Crippen molar-refractivity contribution in [1.29, 1.82) is 0 Å². The number of ether oxygens (including phenoxy) is 2. The Labute approximate surface area is 75.3 Å². The fraction of sp³-hybridized carbons (Fsp3) is 1.00. The summed E-state index contributed by atoms with van der Waals surface area (Å²) >= 11 is 0. The van der Waals surface area contributed by atoms with Gasteiger partial charge < -0.3 is 29.9 Å². The summed E-state index contributed by atoms with van der Waals surface area (Å²) in [7, 11) is 1.30. The maximum absolute atomic E-state index is 9.28. The maximum Gasteiger partial charge on any atom is 0.186 e. The Morgan fingerprint density at radius 1 is 1.15 bits per heavy atom. The molecule has 0 aromatic heterocycles. The minimum absolute atomic E-state index is 0.440. The third kappa shape index (κ3) is 1.98. The Morgan fingerprint density at radius 3 is 2.23 bits per heavy atom. The van der Waals surface area contributed by atoms with Crippen molar-refractivity contribution >= 4 is 0 Å². The van der Waals surface area contributed by atoms with E-state index in [1.807, 2.05) is 0 Å². The van der Waals surface area contributed by atoms with Crippen LogP contribution in [0, 0.1) is 0 Å². The number of hydrogen-bond acceptors (Lipinski definition) is 6. The predicted molar refractivity (Wildman–Crippen MR) is 40.8 cm³/mol. The average Bonchev–Trinajstić information content (AvgIpc) is 2.15. The van der Waals surface area contributed by atoms with Crippen LogP contribution in [0.5, 0.6) is 0 Å². The molecule has 0 amide bonds. The minimum atomic E-state index is -1.36. The first-order valence-corrected chi connectivity index (χ1v) is 3.95. The molecule has 6 nitrogen and oxygen atoms in total. The molecule has 0 radical (unpaired) electrons. The van der Waals surface area contributed by atoms with Crippen LogP contribution in [0.25, 0.3) is 0 Å². The first-order valence-electron chi connectivity index (χ1n) is 3.95. The third-order valence-electron chi connectivity index (χ3n) is 2.08. The Bertz CT molecular complexity index is 143. The van der Waals surface area contributed by atoms with Crippen LogP contribution in [0.1, 0.15) is 0 Å². The van der Waals surface area contributed by atoms with Crippen molar-refractivity contribution < 1.29 is 29.9 Å².